The minimum atomic E-state index is -0.551. The van der Waals surface area contributed by atoms with Crippen LogP contribution in [0.5, 0.6) is 11.5 Å². The molecule has 0 aliphatic heterocycles. The molecular weight excluding hydrogens is 447 g/mol. The number of nitrogens with one attached hydrogen (secondary N) is 1. The average molecular weight is 467 g/mol. The van der Waals surface area contributed by atoms with Gasteiger partial charge in [-0.05, 0) is 60.5 Å². The number of carbonyl (C=O) groups excluding carboxylic acids is 1. The predicted molar refractivity (Wildman–Crippen MR) is 127 cm³/mol. The standard InChI is InChI=1S/C25H20Cl2N2O3/c1-16-3-5-17(6-4-16)15-32-24-22(26)12-18(13-23(24)27)11-19(14-28)25(30)29-20-7-9-21(31-2)10-8-20/h3-13H,15H2,1-2H3,(H,29,30)/b19-11-. The van der Waals surface area contributed by atoms with E-state index < -0.39 is 5.91 Å². The van der Waals surface area contributed by atoms with Crippen LogP contribution in [0.4, 0.5) is 5.69 Å². The first kappa shape index (κ1) is 23.2. The van der Waals surface area contributed by atoms with Gasteiger partial charge in [0, 0.05) is 5.69 Å². The van der Waals surface area contributed by atoms with E-state index >= 15 is 0 Å². The highest BCUT2D eigenvalue weighted by atomic mass is 35.5. The number of anilines is 1. The van der Waals surface area contributed by atoms with Crippen LogP contribution < -0.4 is 14.8 Å². The van der Waals surface area contributed by atoms with Gasteiger partial charge in [0.2, 0.25) is 0 Å². The molecule has 7 heteroatoms. The first-order valence-corrected chi connectivity index (χ1v) is 10.4. The second-order valence-electron chi connectivity index (χ2n) is 6.94. The van der Waals surface area contributed by atoms with Gasteiger partial charge >= 0.3 is 0 Å². The van der Waals surface area contributed by atoms with E-state index in [9.17, 15) is 10.1 Å². The Hall–Kier alpha value is -3.46. The summed E-state index contributed by atoms with van der Waals surface area (Å²) in [5.74, 6) is 0.449. The van der Waals surface area contributed by atoms with Crippen LogP contribution in [-0.2, 0) is 11.4 Å². The van der Waals surface area contributed by atoms with Crippen LogP contribution in [0.15, 0.2) is 66.2 Å². The Labute approximate surface area is 196 Å². The zero-order valence-electron chi connectivity index (χ0n) is 17.5. The molecule has 0 aromatic heterocycles. The van der Waals surface area contributed by atoms with E-state index in [1.165, 1.54) is 6.08 Å². The molecule has 0 spiro atoms. The molecule has 0 bridgehead atoms. The summed E-state index contributed by atoms with van der Waals surface area (Å²) in [6.07, 6.45) is 1.42. The number of hydrogen-bond donors (Lipinski definition) is 1. The maximum Gasteiger partial charge on any atom is 0.266 e. The highest BCUT2D eigenvalue weighted by molar-refractivity contribution is 6.37. The summed E-state index contributed by atoms with van der Waals surface area (Å²) in [5, 5.41) is 12.7. The third kappa shape index (κ3) is 6.04. The molecule has 0 radical (unpaired) electrons. The molecule has 5 nitrogen and oxygen atoms in total. The Bertz CT molecular complexity index is 1160. The molecular formula is C25H20Cl2N2O3. The summed E-state index contributed by atoms with van der Waals surface area (Å²) in [5.41, 5.74) is 3.08. The average Bonchev–Trinajstić information content (AvgIpc) is 2.78. The monoisotopic (exact) mass is 466 g/mol. The van der Waals surface area contributed by atoms with Crippen molar-refractivity contribution in [1.82, 2.24) is 0 Å². The summed E-state index contributed by atoms with van der Waals surface area (Å²) >= 11 is 12.7. The lowest BCUT2D eigenvalue weighted by Gasteiger charge is -2.11. The van der Waals surface area contributed by atoms with Gasteiger partial charge in [-0.25, -0.2) is 0 Å². The van der Waals surface area contributed by atoms with Crippen molar-refractivity contribution >= 4 is 40.9 Å². The first-order valence-electron chi connectivity index (χ1n) is 9.64. The number of nitriles is 1. The number of rotatable bonds is 7. The fraction of sp³-hybridized carbons (Fsp3) is 0.120. The van der Waals surface area contributed by atoms with E-state index in [4.69, 9.17) is 32.7 Å². The molecule has 0 saturated heterocycles. The van der Waals surface area contributed by atoms with Crippen LogP contribution in [0.1, 0.15) is 16.7 Å². The number of nitrogens with zero attached hydrogens (tertiary/aromatic N) is 1. The number of halogens is 2. The lowest BCUT2D eigenvalue weighted by molar-refractivity contribution is -0.112. The van der Waals surface area contributed by atoms with Crippen molar-refractivity contribution in [3.8, 4) is 17.6 Å². The normalized spacial score (nSPS) is 10.9. The molecule has 0 saturated carbocycles. The van der Waals surface area contributed by atoms with E-state index in [2.05, 4.69) is 5.32 Å². The molecule has 3 aromatic rings. The van der Waals surface area contributed by atoms with E-state index in [0.717, 1.165) is 11.1 Å². The van der Waals surface area contributed by atoms with Gasteiger partial charge in [-0.2, -0.15) is 5.26 Å². The highest BCUT2D eigenvalue weighted by Gasteiger charge is 2.13. The van der Waals surface area contributed by atoms with Gasteiger partial charge in [-0.1, -0.05) is 53.0 Å². The Morgan fingerprint density at radius 1 is 1.06 bits per heavy atom. The quantitative estimate of drug-likeness (QED) is 0.321. The van der Waals surface area contributed by atoms with Crippen LogP contribution in [0.3, 0.4) is 0 Å². The Kier molecular flexibility index (Phi) is 7.77. The Balaban J connectivity index is 1.74. The number of hydrogen-bond acceptors (Lipinski definition) is 4. The third-order valence-corrected chi connectivity index (χ3v) is 5.11. The topological polar surface area (TPSA) is 71.3 Å². The maximum atomic E-state index is 12.5. The maximum absolute atomic E-state index is 12.5. The van der Waals surface area contributed by atoms with Crippen molar-refractivity contribution in [1.29, 1.82) is 5.26 Å². The summed E-state index contributed by atoms with van der Waals surface area (Å²) in [6.45, 7) is 2.32. The second-order valence-corrected chi connectivity index (χ2v) is 7.75. The molecule has 3 aromatic carbocycles. The molecule has 1 N–H and O–H groups in total. The van der Waals surface area contributed by atoms with Gasteiger partial charge < -0.3 is 14.8 Å². The fourth-order valence-corrected chi connectivity index (χ4v) is 3.44. The van der Waals surface area contributed by atoms with Gasteiger partial charge in [0.15, 0.2) is 5.75 Å². The van der Waals surface area contributed by atoms with Crippen molar-refractivity contribution < 1.29 is 14.3 Å². The van der Waals surface area contributed by atoms with Crippen LogP contribution >= 0.6 is 23.2 Å². The molecule has 3 rings (SSSR count). The zero-order valence-corrected chi connectivity index (χ0v) is 19.0. The summed E-state index contributed by atoms with van der Waals surface area (Å²) in [7, 11) is 1.55. The number of carbonyl (C=O) groups is 1. The number of methoxy groups -OCH3 is 1. The smallest absolute Gasteiger partial charge is 0.266 e. The van der Waals surface area contributed by atoms with Crippen LogP contribution in [-0.4, -0.2) is 13.0 Å². The van der Waals surface area contributed by atoms with Gasteiger partial charge in [-0.15, -0.1) is 0 Å². The summed E-state index contributed by atoms with van der Waals surface area (Å²) in [4.78, 5) is 12.5. The molecule has 0 aliphatic rings. The molecule has 32 heavy (non-hydrogen) atoms. The Morgan fingerprint density at radius 2 is 1.69 bits per heavy atom. The highest BCUT2D eigenvalue weighted by Crippen LogP contribution is 2.35. The molecule has 162 valence electrons. The van der Waals surface area contributed by atoms with E-state index in [1.807, 2.05) is 37.3 Å². The first-order chi connectivity index (χ1) is 15.4. The molecule has 0 fully saturated rings. The van der Waals surface area contributed by atoms with Crippen LogP contribution in [0.2, 0.25) is 10.0 Å². The minimum absolute atomic E-state index is 0.0960. The van der Waals surface area contributed by atoms with Gasteiger partial charge in [0.25, 0.3) is 5.91 Å². The molecule has 0 unspecified atom stereocenters. The van der Waals surface area contributed by atoms with Gasteiger partial charge in [0.1, 0.15) is 24.0 Å². The molecule has 1 amide bonds. The van der Waals surface area contributed by atoms with Crippen molar-refractivity contribution in [3.63, 3.8) is 0 Å². The van der Waals surface area contributed by atoms with Crippen LogP contribution in [0.25, 0.3) is 6.08 Å². The van der Waals surface area contributed by atoms with Crippen molar-refractivity contribution in [2.45, 2.75) is 13.5 Å². The number of ether oxygens (including phenoxy) is 2. The number of amides is 1. The van der Waals surface area contributed by atoms with E-state index in [-0.39, 0.29) is 15.6 Å². The molecule has 0 aliphatic carbocycles. The van der Waals surface area contributed by atoms with Crippen molar-refractivity contribution in [3.05, 3.63) is 93.0 Å². The molecule has 0 atom stereocenters. The molecule has 0 heterocycles. The number of benzene rings is 3. The van der Waals surface area contributed by atoms with Crippen molar-refractivity contribution in [2.75, 3.05) is 12.4 Å². The van der Waals surface area contributed by atoms with E-state index in [1.54, 1.807) is 43.5 Å². The summed E-state index contributed by atoms with van der Waals surface area (Å²) in [6, 6.07) is 19.8. The Morgan fingerprint density at radius 3 is 2.25 bits per heavy atom. The van der Waals surface area contributed by atoms with Gasteiger partial charge in [0.05, 0.1) is 17.2 Å². The third-order valence-electron chi connectivity index (χ3n) is 4.55. The van der Waals surface area contributed by atoms with E-state index in [0.29, 0.717) is 29.4 Å². The lowest BCUT2D eigenvalue weighted by Crippen LogP contribution is -2.13. The van der Waals surface area contributed by atoms with Gasteiger partial charge in [-0.3, -0.25) is 4.79 Å². The largest absolute Gasteiger partial charge is 0.497 e. The second kappa shape index (κ2) is 10.7. The fourth-order valence-electron chi connectivity index (χ4n) is 2.83. The van der Waals surface area contributed by atoms with Crippen LogP contribution in [0, 0.1) is 18.3 Å². The lowest BCUT2D eigenvalue weighted by atomic mass is 10.1. The zero-order chi connectivity index (χ0) is 23.1. The van der Waals surface area contributed by atoms with Crippen molar-refractivity contribution in [2.24, 2.45) is 0 Å². The summed E-state index contributed by atoms with van der Waals surface area (Å²) < 4.78 is 10.9. The number of aryl methyl sites for hydroxylation is 1. The predicted octanol–water partition coefficient (Wildman–Crippen LogP) is 6.44. The minimum Gasteiger partial charge on any atom is -0.497 e. The SMILES string of the molecule is COc1ccc(NC(=O)/C(C#N)=C\c2cc(Cl)c(OCc3ccc(C)cc3)c(Cl)c2)cc1.